The van der Waals surface area contributed by atoms with Crippen LogP contribution in [0.25, 0.3) is 10.9 Å². The van der Waals surface area contributed by atoms with Crippen LogP contribution in [0.3, 0.4) is 0 Å². The zero-order chi connectivity index (χ0) is 21.7. The van der Waals surface area contributed by atoms with E-state index in [0.717, 1.165) is 42.1 Å². The molecule has 32 heavy (non-hydrogen) atoms. The number of benzene rings is 1. The Balaban J connectivity index is 0.00000256. The number of nitrogens with two attached hydrogens (primary N) is 1. The smallest absolute Gasteiger partial charge is 0.289 e. The molecular formula is C22H34Cl2N6O2. The van der Waals surface area contributed by atoms with Gasteiger partial charge in [0.05, 0.1) is 24.0 Å². The molecule has 178 valence electrons. The van der Waals surface area contributed by atoms with E-state index in [1.807, 2.05) is 39.0 Å². The van der Waals surface area contributed by atoms with E-state index in [1.165, 1.54) is 0 Å². The maximum absolute atomic E-state index is 12.6. The van der Waals surface area contributed by atoms with Gasteiger partial charge in [-0.25, -0.2) is 9.97 Å². The lowest BCUT2D eigenvalue weighted by atomic mass is 9.90. The Kier molecular flexibility index (Phi) is 11.1. The highest BCUT2D eigenvalue weighted by molar-refractivity contribution is 5.96. The van der Waals surface area contributed by atoms with Gasteiger partial charge in [-0.15, -0.1) is 24.8 Å². The molecule has 1 fully saturated rings. The summed E-state index contributed by atoms with van der Waals surface area (Å²) in [6.07, 6.45) is 4.41. The van der Waals surface area contributed by atoms with E-state index < -0.39 is 0 Å². The number of amidine groups is 1. The monoisotopic (exact) mass is 484 g/mol. The Morgan fingerprint density at radius 1 is 1.25 bits per heavy atom. The number of amides is 1. The molecule has 3 rings (SSSR count). The van der Waals surface area contributed by atoms with Crippen LogP contribution in [0.15, 0.2) is 23.2 Å². The Bertz CT molecular complexity index is 938. The van der Waals surface area contributed by atoms with Crippen molar-refractivity contribution in [1.29, 1.82) is 0 Å². The van der Waals surface area contributed by atoms with Gasteiger partial charge in [-0.3, -0.25) is 9.79 Å². The minimum absolute atomic E-state index is 0. The Hall–Kier alpha value is -2.16. The van der Waals surface area contributed by atoms with Crippen LogP contribution >= 0.6 is 24.8 Å². The fraction of sp³-hybridized carbons (Fsp3) is 0.545. The second-order valence-electron chi connectivity index (χ2n) is 8.24. The first-order valence-electron chi connectivity index (χ1n) is 10.7. The van der Waals surface area contributed by atoms with Crippen molar-refractivity contribution in [1.82, 2.24) is 15.3 Å². The Labute approximate surface area is 201 Å². The van der Waals surface area contributed by atoms with Gasteiger partial charge in [0.15, 0.2) is 0 Å². The molecule has 1 saturated carbocycles. The number of hydrogen-bond donors (Lipinski definition) is 4. The van der Waals surface area contributed by atoms with Gasteiger partial charge >= 0.3 is 0 Å². The highest BCUT2D eigenvalue weighted by Gasteiger charge is 2.26. The first-order chi connectivity index (χ1) is 14.4. The summed E-state index contributed by atoms with van der Waals surface area (Å²) in [4.78, 5) is 26.3. The first-order valence-corrected chi connectivity index (χ1v) is 10.7. The number of carbonyl (C=O) groups is 1. The molecule has 1 aliphatic carbocycles. The van der Waals surface area contributed by atoms with Crippen LogP contribution in [0.4, 0.5) is 5.82 Å². The average molecular weight is 485 g/mol. The Morgan fingerprint density at radius 3 is 2.66 bits per heavy atom. The van der Waals surface area contributed by atoms with Gasteiger partial charge in [0.1, 0.15) is 5.82 Å². The van der Waals surface area contributed by atoms with Gasteiger partial charge in [0.25, 0.3) is 5.91 Å². The SMILES string of the molecule is Cc1ccc2nc(C(=O)NC(C)C)nc(N[C@H]3CCCC[C@H]3N=C(N)CCO)c2c1.Cl.Cl. The predicted octanol–water partition coefficient (Wildman–Crippen LogP) is 3.38. The standard InChI is InChI=1S/C22H32N6O2.2ClH/c1-13(2)24-22(30)21-26-16-9-8-14(3)12-15(16)20(28-21)27-18-7-5-4-6-17(18)25-19(23)10-11-29;;/h8-9,12-13,17-18,29H,4-7,10-11H2,1-3H3,(H2,23,25)(H,24,30)(H,26,27,28);2*1H/t17-,18+;;/m1../s1. The molecular weight excluding hydrogens is 451 g/mol. The van der Waals surface area contributed by atoms with E-state index in [1.54, 1.807) is 0 Å². The number of aliphatic hydroxyl groups excluding tert-OH is 1. The van der Waals surface area contributed by atoms with Crippen molar-refractivity contribution in [2.24, 2.45) is 10.7 Å². The first kappa shape index (κ1) is 27.9. The summed E-state index contributed by atoms with van der Waals surface area (Å²) in [6.45, 7) is 5.82. The van der Waals surface area contributed by atoms with Crippen LogP contribution in [0, 0.1) is 6.92 Å². The third-order valence-corrected chi connectivity index (χ3v) is 5.23. The van der Waals surface area contributed by atoms with Crippen LogP contribution in [0.5, 0.6) is 0 Å². The van der Waals surface area contributed by atoms with Gasteiger partial charge in [-0.1, -0.05) is 24.5 Å². The van der Waals surface area contributed by atoms with Crippen molar-refractivity contribution in [2.75, 3.05) is 11.9 Å². The summed E-state index contributed by atoms with van der Waals surface area (Å²) in [5.74, 6) is 0.973. The normalized spacial score (nSPS) is 18.6. The fourth-order valence-corrected chi connectivity index (χ4v) is 3.78. The molecule has 1 aromatic heterocycles. The third kappa shape index (κ3) is 7.18. The van der Waals surface area contributed by atoms with Gasteiger partial charge in [0.2, 0.25) is 5.82 Å². The lowest BCUT2D eigenvalue weighted by molar-refractivity contribution is 0.0933. The minimum atomic E-state index is -0.291. The van der Waals surface area contributed by atoms with Crippen LogP contribution < -0.4 is 16.4 Å². The number of aliphatic imine (C=N–C) groups is 1. The van der Waals surface area contributed by atoms with Crippen molar-refractivity contribution < 1.29 is 9.90 Å². The van der Waals surface area contributed by atoms with E-state index in [4.69, 9.17) is 10.8 Å². The number of aryl methyl sites for hydroxylation is 1. The highest BCUT2D eigenvalue weighted by atomic mass is 35.5. The number of aliphatic hydroxyl groups is 1. The van der Waals surface area contributed by atoms with Gasteiger partial charge in [0, 0.05) is 23.9 Å². The molecule has 1 amide bonds. The number of halogens is 2. The number of fused-ring (bicyclic) bond motifs is 1. The zero-order valence-electron chi connectivity index (χ0n) is 18.8. The highest BCUT2D eigenvalue weighted by Crippen LogP contribution is 2.28. The minimum Gasteiger partial charge on any atom is -0.396 e. The lowest BCUT2D eigenvalue weighted by Crippen LogP contribution is -2.37. The summed E-state index contributed by atoms with van der Waals surface area (Å²) in [7, 11) is 0. The van der Waals surface area contributed by atoms with Gasteiger partial charge in [-0.2, -0.15) is 0 Å². The quantitative estimate of drug-likeness (QED) is 0.352. The summed E-state index contributed by atoms with van der Waals surface area (Å²) in [5, 5.41) is 16.4. The molecule has 5 N–H and O–H groups in total. The third-order valence-electron chi connectivity index (χ3n) is 5.23. The summed E-state index contributed by atoms with van der Waals surface area (Å²) in [5.41, 5.74) is 7.80. The second kappa shape index (κ2) is 12.8. The van der Waals surface area contributed by atoms with Crippen molar-refractivity contribution in [2.45, 2.75) is 71.0 Å². The second-order valence-corrected chi connectivity index (χ2v) is 8.24. The zero-order valence-corrected chi connectivity index (χ0v) is 20.4. The van der Waals surface area contributed by atoms with Crippen molar-refractivity contribution in [3.05, 3.63) is 29.6 Å². The topological polar surface area (TPSA) is 126 Å². The molecule has 8 nitrogen and oxygen atoms in total. The van der Waals surface area contributed by atoms with Crippen LogP contribution in [0.1, 0.15) is 62.1 Å². The van der Waals surface area contributed by atoms with Crippen LogP contribution in [0.2, 0.25) is 0 Å². The molecule has 0 spiro atoms. The fourth-order valence-electron chi connectivity index (χ4n) is 3.78. The number of rotatable bonds is 7. The number of nitrogens with one attached hydrogen (secondary N) is 2. The maximum Gasteiger partial charge on any atom is 0.289 e. The van der Waals surface area contributed by atoms with Crippen molar-refractivity contribution in [3.63, 3.8) is 0 Å². The van der Waals surface area contributed by atoms with Crippen LogP contribution in [-0.4, -0.2) is 51.5 Å². The number of carbonyl (C=O) groups excluding carboxylic acids is 1. The van der Waals surface area contributed by atoms with E-state index in [2.05, 4.69) is 25.6 Å². The molecule has 1 aliphatic rings. The van der Waals surface area contributed by atoms with Gasteiger partial charge < -0.3 is 21.5 Å². The molecule has 1 heterocycles. The van der Waals surface area contributed by atoms with Crippen molar-refractivity contribution >= 4 is 53.3 Å². The molecule has 0 bridgehead atoms. The molecule has 0 saturated heterocycles. The molecule has 1 aromatic carbocycles. The largest absolute Gasteiger partial charge is 0.396 e. The lowest BCUT2D eigenvalue weighted by Gasteiger charge is -2.30. The average Bonchev–Trinajstić information content (AvgIpc) is 2.69. The summed E-state index contributed by atoms with van der Waals surface area (Å²) >= 11 is 0. The van der Waals surface area contributed by atoms with Gasteiger partial charge in [-0.05, 0) is 45.7 Å². The summed E-state index contributed by atoms with van der Waals surface area (Å²) in [6, 6.07) is 5.98. The summed E-state index contributed by atoms with van der Waals surface area (Å²) < 4.78 is 0. The predicted molar refractivity (Wildman–Crippen MR) is 134 cm³/mol. The van der Waals surface area contributed by atoms with Crippen molar-refractivity contribution in [3.8, 4) is 0 Å². The molecule has 0 aliphatic heterocycles. The molecule has 10 heteroatoms. The molecule has 0 radical (unpaired) electrons. The van der Waals surface area contributed by atoms with E-state index in [0.29, 0.717) is 18.1 Å². The van der Waals surface area contributed by atoms with Crippen LogP contribution in [-0.2, 0) is 0 Å². The molecule has 2 atom stereocenters. The number of nitrogens with zero attached hydrogens (tertiary/aromatic N) is 3. The Morgan fingerprint density at radius 2 is 1.97 bits per heavy atom. The molecule has 2 aromatic rings. The van der Waals surface area contributed by atoms with E-state index in [9.17, 15) is 4.79 Å². The molecule has 0 unspecified atom stereocenters. The van der Waals surface area contributed by atoms with E-state index in [-0.39, 0.29) is 61.3 Å². The number of anilines is 1. The number of aromatic nitrogens is 2. The maximum atomic E-state index is 12.6. The number of hydrogen-bond acceptors (Lipinski definition) is 6. The van der Waals surface area contributed by atoms with E-state index >= 15 is 0 Å².